The molecule has 7 heteroatoms. The number of para-hydroxylation sites is 1. The fourth-order valence-corrected chi connectivity index (χ4v) is 4.82. The maximum atomic E-state index is 13.2. The van der Waals surface area contributed by atoms with Crippen LogP contribution in [0.25, 0.3) is 0 Å². The van der Waals surface area contributed by atoms with Gasteiger partial charge in [-0.1, -0.05) is 35.9 Å². The van der Waals surface area contributed by atoms with Gasteiger partial charge < -0.3 is 4.90 Å². The molecule has 3 aromatic carbocycles. The quantitative estimate of drug-likeness (QED) is 0.623. The van der Waals surface area contributed by atoms with Gasteiger partial charge in [0.25, 0.3) is 15.9 Å². The van der Waals surface area contributed by atoms with Gasteiger partial charge in [0.15, 0.2) is 0 Å². The van der Waals surface area contributed by atoms with E-state index in [4.69, 9.17) is 11.6 Å². The van der Waals surface area contributed by atoms with Crippen molar-refractivity contribution >= 4 is 38.9 Å². The summed E-state index contributed by atoms with van der Waals surface area (Å²) in [5, 5.41) is 0.217. The lowest BCUT2D eigenvalue weighted by atomic mass is 10.1. The van der Waals surface area contributed by atoms with Crippen molar-refractivity contribution in [2.24, 2.45) is 0 Å². The van der Waals surface area contributed by atoms with Crippen molar-refractivity contribution in [2.45, 2.75) is 25.2 Å². The number of aryl methyl sites for hydroxylation is 2. The fourth-order valence-electron chi connectivity index (χ4n) is 3.55. The average Bonchev–Trinajstić information content (AvgIpc) is 3.14. The Kier molecular flexibility index (Phi) is 5.30. The highest BCUT2D eigenvalue weighted by molar-refractivity contribution is 7.92. The summed E-state index contributed by atoms with van der Waals surface area (Å²) in [4.78, 5) is 14.8. The molecule has 0 fully saturated rings. The maximum absolute atomic E-state index is 13.2. The van der Waals surface area contributed by atoms with Crippen LogP contribution in [-0.4, -0.2) is 20.9 Å². The van der Waals surface area contributed by atoms with E-state index in [1.54, 1.807) is 17.0 Å². The van der Waals surface area contributed by atoms with E-state index in [0.29, 0.717) is 12.2 Å². The van der Waals surface area contributed by atoms with Crippen molar-refractivity contribution in [1.82, 2.24) is 0 Å². The number of sulfonamides is 1. The molecule has 0 aromatic heterocycles. The highest BCUT2D eigenvalue weighted by atomic mass is 35.5. The van der Waals surface area contributed by atoms with Gasteiger partial charge in [-0.25, -0.2) is 8.42 Å². The predicted molar refractivity (Wildman–Crippen MR) is 120 cm³/mol. The van der Waals surface area contributed by atoms with E-state index in [2.05, 4.69) is 4.72 Å². The van der Waals surface area contributed by atoms with Crippen molar-refractivity contribution in [3.63, 3.8) is 0 Å². The van der Waals surface area contributed by atoms with Crippen molar-refractivity contribution in [3.8, 4) is 0 Å². The molecule has 1 heterocycles. The van der Waals surface area contributed by atoms with E-state index in [9.17, 15) is 13.2 Å². The first-order chi connectivity index (χ1) is 14.3. The van der Waals surface area contributed by atoms with Gasteiger partial charge in [0.05, 0.1) is 15.5 Å². The number of halogens is 1. The van der Waals surface area contributed by atoms with Crippen LogP contribution in [-0.2, 0) is 16.4 Å². The molecule has 0 saturated carbocycles. The number of hydrogen-bond donors (Lipinski definition) is 1. The third-order valence-corrected chi connectivity index (χ3v) is 7.08. The molecule has 0 spiro atoms. The number of benzene rings is 3. The maximum Gasteiger partial charge on any atom is 0.261 e. The van der Waals surface area contributed by atoms with Crippen LogP contribution in [0.4, 0.5) is 11.4 Å². The molecule has 3 aromatic rings. The molecule has 1 N–H and O–H groups in total. The van der Waals surface area contributed by atoms with Crippen LogP contribution in [0.1, 0.15) is 27.0 Å². The topological polar surface area (TPSA) is 66.5 Å². The van der Waals surface area contributed by atoms with Crippen LogP contribution in [0.3, 0.4) is 0 Å². The minimum atomic E-state index is -3.88. The van der Waals surface area contributed by atoms with E-state index >= 15 is 0 Å². The van der Waals surface area contributed by atoms with E-state index in [-0.39, 0.29) is 21.4 Å². The van der Waals surface area contributed by atoms with Crippen LogP contribution in [0.2, 0.25) is 5.02 Å². The van der Waals surface area contributed by atoms with E-state index < -0.39 is 10.0 Å². The first-order valence-electron chi connectivity index (χ1n) is 9.56. The molecule has 1 aliphatic rings. The zero-order valence-electron chi connectivity index (χ0n) is 16.6. The van der Waals surface area contributed by atoms with Gasteiger partial charge in [0.2, 0.25) is 0 Å². The number of fused-ring (bicyclic) bond motifs is 1. The van der Waals surface area contributed by atoms with Gasteiger partial charge in [-0.2, -0.15) is 0 Å². The summed E-state index contributed by atoms with van der Waals surface area (Å²) in [6, 6.07) is 17.2. The van der Waals surface area contributed by atoms with E-state index in [1.165, 1.54) is 18.2 Å². The average molecular weight is 441 g/mol. The largest absolute Gasteiger partial charge is 0.308 e. The molecule has 5 nitrogen and oxygen atoms in total. The number of carbonyl (C=O) groups excluding carboxylic acids is 1. The SMILES string of the molecule is Cc1ccc(NS(=O)(=O)c2ccc(Cl)c(C(=O)N3CCc4ccccc43)c2)cc1C. The van der Waals surface area contributed by atoms with Gasteiger partial charge in [0.1, 0.15) is 0 Å². The van der Waals surface area contributed by atoms with Crippen LogP contribution in [0, 0.1) is 13.8 Å². The van der Waals surface area contributed by atoms with Gasteiger partial charge in [0, 0.05) is 17.9 Å². The molecular formula is C23H21ClN2O3S. The zero-order valence-corrected chi connectivity index (χ0v) is 18.2. The molecular weight excluding hydrogens is 420 g/mol. The molecule has 0 bridgehead atoms. The summed E-state index contributed by atoms with van der Waals surface area (Å²) >= 11 is 6.28. The summed E-state index contributed by atoms with van der Waals surface area (Å²) in [6.07, 6.45) is 0.756. The van der Waals surface area contributed by atoms with Crippen molar-refractivity contribution in [2.75, 3.05) is 16.2 Å². The Balaban J connectivity index is 1.66. The zero-order chi connectivity index (χ0) is 21.5. The molecule has 0 atom stereocenters. The minimum Gasteiger partial charge on any atom is -0.308 e. The number of anilines is 2. The molecule has 1 amide bonds. The third-order valence-electron chi connectivity index (χ3n) is 5.37. The molecule has 30 heavy (non-hydrogen) atoms. The summed E-state index contributed by atoms with van der Waals surface area (Å²) in [7, 11) is -3.88. The molecule has 0 radical (unpaired) electrons. The van der Waals surface area contributed by atoms with Crippen LogP contribution >= 0.6 is 11.6 Å². The van der Waals surface area contributed by atoms with Crippen molar-refractivity contribution in [1.29, 1.82) is 0 Å². The molecule has 1 aliphatic heterocycles. The van der Waals surface area contributed by atoms with Crippen molar-refractivity contribution in [3.05, 3.63) is 87.9 Å². The van der Waals surface area contributed by atoms with Gasteiger partial charge >= 0.3 is 0 Å². The minimum absolute atomic E-state index is 0.0130. The fraction of sp³-hybridized carbons (Fsp3) is 0.174. The Bertz CT molecular complexity index is 1260. The number of nitrogens with one attached hydrogen (secondary N) is 1. The molecule has 0 aliphatic carbocycles. The number of hydrogen-bond acceptors (Lipinski definition) is 3. The highest BCUT2D eigenvalue weighted by Crippen LogP contribution is 2.31. The Labute approximate surface area is 181 Å². The molecule has 0 unspecified atom stereocenters. The Hall–Kier alpha value is -2.83. The van der Waals surface area contributed by atoms with Crippen LogP contribution in [0.5, 0.6) is 0 Å². The number of rotatable bonds is 4. The Morgan fingerprint density at radius 1 is 1.00 bits per heavy atom. The molecule has 0 saturated heterocycles. The lowest BCUT2D eigenvalue weighted by Gasteiger charge is -2.19. The second kappa shape index (κ2) is 7.78. The molecule has 4 rings (SSSR count). The second-order valence-corrected chi connectivity index (χ2v) is 9.47. The standard InChI is InChI=1S/C23H21ClN2O3S/c1-15-7-8-18(13-16(15)2)25-30(28,29)19-9-10-21(24)20(14-19)23(27)26-12-11-17-5-3-4-6-22(17)26/h3-10,13-14,25H,11-12H2,1-2H3. The van der Waals surface area contributed by atoms with Crippen molar-refractivity contribution < 1.29 is 13.2 Å². The number of carbonyl (C=O) groups is 1. The van der Waals surface area contributed by atoms with E-state index in [0.717, 1.165) is 28.8 Å². The van der Waals surface area contributed by atoms with Gasteiger partial charge in [-0.05, 0) is 73.4 Å². The van der Waals surface area contributed by atoms with E-state index in [1.807, 2.05) is 44.2 Å². The lowest BCUT2D eigenvalue weighted by molar-refractivity contribution is 0.0989. The monoisotopic (exact) mass is 440 g/mol. The lowest BCUT2D eigenvalue weighted by Crippen LogP contribution is -2.29. The van der Waals surface area contributed by atoms with Crippen LogP contribution < -0.4 is 9.62 Å². The second-order valence-electron chi connectivity index (χ2n) is 7.38. The van der Waals surface area contributed by atoms with Gasteiger partial charge in [-0.15, -0.1) is 0 Å². The summed E-state index contributed by atoms with van der Waals surface area (Å²) in [6.45, 7) is 4.41. The summed E-state index contributed by atoms with van der Waals surface area (Å²) < 4.78 is 28.4. The van der Waals surface area contributed by atoms with Crippen LogP contribution in [0.15, 0.2) is 65.6 Å². The summed E-state index contributed by atoms with van der Waals surface area (Å²) in [5.41, 5.74) is 4.60. The number of nitrogens with zero attached hydrogens (tertiary/aromatic N) is 1. The summed E-state index contributed by atoms with van der Waals surface area (Å²) in [5.74, 6) is -0.312. The normalized spacial score (nSPS) is 13.2. The third kappa shape index (κ3) is 3.80. The predicted octanol–water partition coefficient (Wildman–Crippen LogP) is 4.96. The first-order valence-corrected chi connectivity index (χ1v) is 11.4. The first kappa shape index (κ1) is 20.4. The Morgan fingerprint density at radius 3 is 2.53 bits per heavy atom. The highest BCUT2D eigenvalue weighted by Gasteiger charge is 2.28. The Morgan fingerprint density at radius 2 is 1.77 bits per heavy atom. The van der Waals surface area contributed by atoms with Gasteiger partial charge in [-0.3, -0.25) is 9.52 Å². The smallest absolute Gasteiger partial charge is 0.261 e. The number of amides is 1. The molecule has 154 valence electrons.